The summed E-state index contributed by atoms with van der Waals surface area (Å²) in [5.41, 5.74) is 0.640. The molecule has 1 saturated heterocycles. The average molecular weight is 377 g/mol. The fourth-order valence-corrected chi connectivity index (χ4v) is 3.07. The van der Waals surface area contributed by atoms with Gasteiger partial charge in [-0.2, -0.15) is 0 Å². The second-order valence-corrected chi connectivity index (χ2v) is 6.35. The zero-order valence-corrected chi connectivity index (χ0v) is 14.7. The molecule has 7 heteroatoms. The molecule has 0 bridgehead atoms. The number of hydrogen-bond acceptors (Lipinski definition) is 3. The molecule has 0 unspecified atom stereocenters. The predicted molar refractivity (Wildman–Crippen MR) is 96.9 cm³/mol. The van der Waals surface area contributed by atoms with Crippen molar-refractivity contribution in [3.8, 4) is 5.75 Å². The Morgan fingerprint density at radius 1 is 1.23 bits per heavy atom. The normalized spacial score (nSPS) is 17.1. The lowest BCUT2D eigenvalue weighted by molar-refractivity contribution is -0.129. The van der Waals surface area contributed by atoms with E-state index >= 15 is 0 Å². The zero-order valence-electron chi connectivity index (χ0n) is 14.0. The van der Waals surface area contributed by atoms with Gasteiger partial charge in [-0.05, 0) is 49.2 Å². The van der Waals surface area contributed by atoms with Gasteiger partial charge in [0.25, 0.3) is 5.91 Å². The van der Waals surface area contributed by atoms with Crippen LogP contribution in [0.5, 0.6) is 5.75 Å². The van der Waals surface area contributed by atoms with E-state index < -0.39 is 11.9 Å². The van der Waals surface area contributed by atoms with E-state index in [-0.39, 0.29) is 18.3 Å². The third kappa shape index (κ3) is 4.32. The molecule has 2 aromatic rings. The van der Waals surface area contributed by atoms with Gasteiger partial charge < -0.3 is 15.0 Å². The Kier molecular flexibility index (Phi) is 5.73. The Labute approximate surface area is 155 Å². The molecule has 1 aliphatic heterocycles. The minimum atomic E-state index is -0.621. The van der Waals surface area contributed by atoms with E-state index in [1.54, 1.807) is 23.1 Å². The molecule has 26 heavy (non-hydrogen) atoms. The minimum absolute atomic E-state index is 0.195. The molecule has 0 radical (unpaired) electrons. The van der Waals surface area contributed by atoms with Crippen LogP contribution in [0.15, 0.2) is 48.5 Å². The SMILES string of the molecule is O=C(COc1ccc(F)cc1)N[C@@H]1CCCN(c2ccccc2Cl)C1=O. The van der Waals surface area contributed by atoms with Crippen LogP contribution in [-0.4, -0.2) is 31.0 Å². The second kappa shape index (κ2) is 8.19. The van der Waals surface area contributed by atoms with Gasteiger partial charge >= 0.3 is 0 Å². The smallest absolute Gasteiger partial charge is 0.258 e. The Morgan fingerprint density at radius 3 is 2.69 bits per heavy atom. The summed E-state index contributed by atoms with van der Waals surface area (Å²) in [5, 5.41) is 3.19. The van der Waals surface area contributed by atoms with Crippen LogP contribution < -0.4 is 15.0 Å². The zero-order chi connectivity index (χ0) is 18.5. The van der Waals surface area contributed by atoms with Crippen molar-refractivity contribution in [2.45, 2.75) is 18.9 Å². The summed E-state index contributed by atoms with van der Waals surface area (Å²) in [7, 11) is 0. The first-order valence-corrected chi connectivity index (χ1v) is 8.66. The second-order valence-electron chi connectivity index (χ2n) is 5.95. The Balaban J connectivity index is 1.58. The molecule has 1 aliphatic rings. The van der Waals surface area contributed by atoms with Gasteiger partial charge in [0.15, 0.2) is 6.61 Å². The first kappa shape index (κ1) is 18.2. The number of rotatable bonds is 5. The minimum Gasteiger partial charge on any atom is -0.484 e. The number of nitrogens with zero attached hydrogens (tertiary/aromatic N) is 1. The Morgan fingerprint density at radius 2 is 1.96 bits per heavy atom. The molecule has 2 aromatic carbocycles. The van der Waals surface area contributed by atoms with E-state index in [1.165, 1.54) is 24.3 Å². The van der Waals surface area contributed by atoms with Crippen molar-refractivity contribution in [2.24, 2.45) is 0 Å². The van der Waals surface area contributed by atoms with Crippen molar-refractivity contribution >= 4 is 29.1 Å². The quantitative estimate of drug-likeness (QED) is 0.872. The van der Waals surface area contributed by atoms with Gasteiger partial charge in [0, 0.05) is 6.54 Å². The summed E-state index contributed by atoms with van der Waals surface area (Å²) in [6.45, 7) is 0.308. The van der Waals surface area contributed by atoms with Crippen molar-refractivity contribution in [1.82, 2.24) is 5.32 Å². The molecule has 3 rings (SSSR count). The summed E-state index contributed by atoms with van der Waals surface area (Å²) in [5.74, 6) is -0.600. The molecule has 0 aliphatic carbocycles. The fraction of sp³-hybridized carbons (Fsp3) is 0.263. The largest absolute Gasteiger partial charge is 0.484 e. The summed E-state index contributed by atoms with van der Waals surface area (Å²) in [6.07, 6.45) is 1.31. The molecule has 1 heterocycles. The van der Waals surface area contributed by atoms with Gasteiger partial charge in [-0.3, -0.25) is 9.59 Å². The van der Waals surface area contributed by atoms with Crippen LogP contribution in [0.25, 0.3) is 0 Å². The van der Waals surface area contributed by atoms with Crippen LogP contribution in [0.4, 0.5) is 10.1 Å². The summed E-state index contributed by atoms with van der Waals surface area (Å²) in [4.78, 5) is 26.4. The molecule has 1 atom stereocenters. The summed E-state index contributed by atoms with van der Waals surface area (Å²) < 4.78 is 18.2. The van der Waals surface area contributed by atoms with Gasteiger partial charge in [-0.1, -0.05) is 23.7 Å². The van der Waals surface area contributed by atoms with Gasteiger partial charge in [-0.25, -0.2) is 4.39 Å². The predicted octanol–water partition coefficient (Wildman–Crippen LogP) is 3.17. The lowest BCUT2D eigenvalue weighted by Gasteiger charge is -2.33. The number of carbonyl (C=O) groups excluding carboxylic acids is 2. The highest BCUT2D eigenvalue weighted by Gasteiger charge is 2.31. The monoisotopic (exact) mass is 376 g/mol. The van der Waals surface area contributed by atoms with E-state index in [0.717, 1.165) is 6.42 Å². The van der Waals surface area contributed by atoms with E-state index in [2.05, 4.69) is 5.32 Å². The molecular formula is C19H18ClFN2O3. The van der Waals surface area contributed by atoms with Crippen molar-refractivity contribution < 1.29 is 18.7 Å². The van der Waals surface area contributed by atoms with Crippen molar-refractivity contribution in [3.63, 3.8) is 0 Å². The van der Waals surface area contributed by atoms with Crippen LogP contribution in [0.2, 0.25) is 5.02 Å². The topological polar surface area (TPSA) is 58.6 Å². The van der Waals surface area contributed by atoms with E-state index in [4.69, 9.17) is 16.3 Å². The van der Waals surface area contributed by atoms with Gasteiger partial charge in [-0.15, -0.1) is 0 Å². The standard InChI is InChI=1S/C19H18ClFN2O3/c20-15-4-1-2-6-17(15)23-11-3-5-16(19(23)25)22-18(24)12-26-14-9-7-13(21)8-10-14/h1-2,4,6-10,16H,3,5,11-12H2,(H,22,24)/t16-/m1/s1. The maximum absolute atomic E-state index is 12.9. The molecule has 0 aromatic heterocycles. The molecule has 136 valence electrons. The molecular weight excluding hydrogens is 359 g/mol. The molecule has 0 spiro atoms. The van der Waals surface area contributed by atoms with Crippen LogP contribution >= 0.6 is 11.6 Å². The van der Waals surface area contributed by atoms with Crippen LogP contribution in [0.1, 0.15) is 12.8 Å². The number of ether oxygens (including phenoxy) is 1. The highest BCUT2D eigenvalue weighted by Crippen LogP contribution is 2.28. The number of para-hydroxylation sites is 1. The number of carbonyl (C=O) groups is 2. The number of benzene rings is 2. The average Bonchev–Trinajstić information content (AvgIpc) is 2.64. The Bertz CT molecular complexity index is 798. The number of hydrogen-bond donors (Lipinski definition) is 1. The van der Waals surface area contributed by atoms with Crippen molar-refractivity contribution in [3.05, 3.63) is 59.4 Å². The molecule has 1 N–H and O–H groups in total. The van der Waals surface area contributed by atoms with E-state index in [9.17, 15) is 14.0 Å². The number of anilines is 1. The number of amides is 2. The number of piperidine rings is 1. The summed E-state index contributed by atoms with van der Waals surface area (Å²) >= 11 is 6.18. The molecule has 1 fully saturated rings. The van der Waals surface area contributed by atoms with Gasteiger partial charge in [0.1, 0.15) is 17.6 Å². The highest BCUT2D eigenvalue weighted by molar-refractivity contribution is 6.33. The van der Waals surface area contributed by atoms with Crippen LogP contribution in [0.3, 0.4) is 0 Å². The van der Waals surface area contributed by atoms with Crippen molar-refractivity contribution in [1.29, 1.82) is 0 Å². The third-order valence-electron chi connectivity index (χ3n) is 4.10. The number of halogens is 2. The van der Waals surface area contributed by atoms with Gasteiger partial charge in [0.05, 0.1) is 10.7 Å². The van der Waals surface area contributed by atoms with Crippen LogP contribution in [-0.2, 0) is 9.59 Å². The lowest BCUT2D eigenvalue weighted by Crippen LogP contribution is -2.53. The van der Waals surface area contributed by atoms with Crippen molar-refractivity contribution in [2.75, 3.05) is 18.1 Å². The lowest BCUT2D eigenvalue weighted by atomic mass is 10.0. The molecule has 0 saturated carbocycles. The van der Waals surface area contributed by atoms with E-state index in [1.807, 2.05) is 6.07 Å². The maximum atomic E-state index is 12.9. The first-order valence-electron chi connectivity index (χ1n) is 8.28. The van der Waals surface area contributed by atoms with E-state index in [0.29, 0.717) is 29.4 Å². The highest BCUT2D eigenvalue weighted by atomic mass is 35.5. The van der Waals surface area contributed by atoms with Gasteiger partial charge in [0.2, 0.25) is 5.91 Å². The summed E-state index contributed by atoms with van der Waals surface area (Å²) in [6, 6.07) is 11.9. The van der Waals surface area contributed by atoms with Crippen LogP contribution in [0, 0.1) is 5.82 Å². The Hall–Kier alpha value is -2.60. The molecule has 2 amide bonds. The number of nitrogens with one attached hydrogen (secondary N) is 1. The maximum Gasteiger partial charge on any atom is 0.258 e. The third-order valence-corrected chi connectivity index (χ3v) is 4.42. The fourth-order valence-electron chi connectivity index (χ4n) is 2.83. The molecule has 5 nitrogen and oxygen atoms in total. The first-order chi connectivity index (χ1) is 12.5.